The van der Waals surface area contributed by atoms with Crippen molar-refractivity contribution >= 4 is 40.2 Å². The summed E-state index contributed by atoms with van der Waals surface area (Å²) in [5.41, 5.74) is 9.43. The second kappa shape index (κ2) is 11.7. The summed E-state index contributed by atoms with van der Waals surface area (Å²) >= 11 is 6.02. The molecule has 2 atom stereocenters. The van der Waals surface area contributed by atoms with Crippen molar-refractivity contribution in [2.24, 2.45) is 11.7 Å². The van der Waals surface area contributed by atoms with Crippen molar-refractivity contribution in [2.75, 3.05) is 0 Å². The van der Waals surface area contributed by atoms with Crippen LogP contribution in [0.25, 0.3) is 10.9 Å². The highest BCUT2D eigenvalue weighted by Gasteiger charge is 2.45. The number of aromatic nitrogens is 2. The minimum Gasteiger partial charge on any atom is -0.368 e. The first-order valence-electron chi connectivity index (χ1n) is 13.8. The Labute approximate surface area is 244 Å². The Morgan fingerprint density at radius 1 is 1.05 bits per heavy atom. The minimum atomic E-state index is -1.26. The Balaban J connectivity index is 1.53. The molecular formula is C32H34ClN5O3. The fourth-order valence-electron chi connectivity index (χ4n) is 5.79. The number of nitrogens with two attached hydrogens (primary N) is 1. The monoisotopic (exact) mass is 571 g/mol. The number of para-hydroxylation sites is 1. The highest BCUT2D eigenvalue weighted by molar-refractivity contribution is 6.30. The lowest BCUT2D eigenvalue weighted by Gasteiger charge is -2.38. The van der Waals surface area contributed by atoms with Crippen LogP contribution in [0.4, 0.5) is 0 Å². The van der Waals surface area contributed by atoms with Gasteiger partial charge in [0.1, 0.15) is 11.6 Å². The lowest BCUT2D eigenvalue weighted by atomic mass is 9.78. The van der Waals surface area contributed by atoms with E-state index in [4.69, 9.17) is 17.3 Å². The van der Waals surface area contributed by atoms with Gasteiger partial charge in [0.15, 0.2) is 0 Å². The van der Waals surface area contributed by atoms with Crippen molar-refractivity contribution < 1.29 is 14.4 Å². The molecule has 4 aromatic rings. The van der Waals surface area contributed by atoms with Crippen LogP contribution in [0.2, 0.25) is 5.02 Å². The molecule has 1 aliphatic carbocycles. The molecule has 0 saturated heterocycles. The van der Waals surface area contributed by atoms with E-state index in [1.54, 1.807) is 30.5 Å². The number of carbonyl (C=O) groups excluding carboxylic acids is 3. The molecule has 212 valence electrons. The number of nitrogens with one attached hydrogen (secondary N) is 2. The summed E-state index contributed by atoms with van der Waals surface area (Å²) in [7, 11) is 0. The molecule has 41 heavy (non-hydrogen) atoms. The van der Waals surface area contributed by atoms with Crippen LogP contribution < -0.4 is 16.4 Å². The van der Waals surface area contributed by atoms with Gasteiger partial charge in [0, 0.05) is 47.0 Å². The highest BCUT2D eigenvalue weighted by atomic mass is 35.5. The first-order chi connectivity index (χ1) is 19.7. The van der Waals surface area contributed by atoms with E-state index in [2.05, 4.69) is 32.3 Å². The molecule has 8 nitrogen and oxygen atoms in total. The number of halogens is 1. The molecular weight excluding hydrogens is 538 g/mol. The molecule has 0 radical (unpaired) electrons. The average molecular weight is 572 g/mol. The average Bonchev–Trinajstić information content (AvgIpc) is 3.25. The standard InChI is InChI=1S/C32H34ClN5O3/c1-20(2)29(30(34)40)36-31(41)32(37-28(39)16-21-9-11-23(33)12-10-21)14-13-27-25(17-32)24-7-3-4-8-26(24)38(27)19-22-6-5-15-35-18-22/h3-12,15,18,20,29H,13-14,16-17,19H2,1-2H3,(H2,34,40)(H,36,41)(H,37,39)/t29-,32-/m0/s1. The number of amides is 3. The lowest BCUT2D eigenvalue weighted by Crippen LogP contribution is -2.64. The molecule has 2 aromatic heterocycles. The van der Waals surface area contributed by atoms with Crippen molar-refractivity contribution in [3.63, 3.8) is 0 Å². The molecule has 0 saturated carbocycles. The summed E-state index contributed by atoms with van der Waals surface area (Å²) in [6.45, 7) is 4.29. The van der Waals surface area contributed by atoms with E-state index in [1.807, 2.05) is 44.3 Å². The number of rotatable bonds is 9. The van der Waals surface area contributed by atoms with Gasteiger partial charge in [-0.05, 0) is 59.7 Å². The number of carbonyl (C=O) groups is 3. The molecule has 5 rings (SSSR count). The van der Waals surface area contributed by atoms with Crippen molar-refractivity contribution in [3.05, 3.63) is 100 Å². The van der Waals surface area contributed by atoms with Gasteiger partial charge >= 0.3 is 0 Å². The normalized spacial score (nSPS) is 17.2. The maximum Gasteiger partial charge on any atom is 0.246 e. The van der Waals surface area contributed by atoms with Crippen LogP contribution in [0.15, 0.2) is 73.1 Å². The van der Waals surface area contributed by atoms with E-state index < -0.39 is 23.4 Å². The number of hydrogen-bond donors (Lipinski definition) is 3. The van der Waals surface area contributed by atoms with Gasteiger partial charge in [-0.25, -0.2) is 0 Å². The fourth-order valence-corrected chi connectivity index (χ4v) is 5.92. The second-order valence-corrected chi connectivity index (χ2v) is 11.5. The number of pyridine rings is 1. The Bertz CT molecular complexity index is 1580. The smallest absolute Gasteiger partial charge is 0.246 e. The van der Waals surface area contributed by atoms with Gasteiger partial charge in [0.05, 0.1) is 6.42 Å². The van der Waals surface area contributed by atoms with E-state index in [0.29, 0.717) is 24.4 Å². The molecule has 9 heteroatoms. The number of benzene rings is 2. The van der Waals surface area contributed by atoms with E-state index in [9.17, 15) is 14.4 Å². The number of fused-ring (bicyclic) bond motifs is 3. The van der Waals surface area contributed by atoms with Gasteiger partial charge in [0.2, 0.25) is 17.7 Å². The van der Waals surface area contributed by atoms with Crippen LogP contribution in [-0.2, 0) is 40.2 Å². The van der Waals surface area contributed by atoms with Crippen LogP contribution in [-0.4, -0.2) is 38.9 Å². The molecule has 0 aliphatic heterocycles. The van der Waals surface area contributed by atoms with Gasteiger partial charge in [-0.1, -0.05) is 61.8 Å². The fraction of sp³-hybridized carbons (Fsp3) is 0.312. The Morgan fingerprint density at radius 2 is 1.80 bits per heavy atom. The Morgan fingerprint density at radius 3 is 2.49 bits per heavy atom. The van der Waals surface area contributed by atoms with Gasteiger partial charge in [-0.15, -0.1) is 0 Å². The molecule has 0 bridgehead atoms. The third-order valence-electron chi connectivity index (χ3n) is 7.88. The number of nitrogens with zero attached hydrogens (tertiary/aromatic N) is 2. The quantitative estimate of drug-likeness (QED) is 0.282. The SMILES string of the molecule is CC(C)[C@H](NC(=O)[C@]1(NC(=O)Cc2ccc(Cl)cc2)CCc2c(c3ccccc3n2Cc2cccnc2)C1)C(N)=O. The van der Waals surface area contributed by atoms with Gasteiger partial charge in [0.25, 0.3) is 0 Å². The summed E-state index contributed by atoms with van der Waals surface area (Å²) in [5.74, 6) is -1.52. The highest BCUT2D eigenvalue weighted by Crippen LogP contribution is 2.37. The molecule has 4 N–H and O–H groups in total. The molecule has 1 aliphatic rings. The van der Waals surface area contributed by atoms with Crippen molar-refractivity contribution in [3.8, 4) is 0 Å². The third-order valence-corrected chi connectivity index (χ3v) is 8.13. The summed E-state index contributed by atoms with van der Waals surface area (Å²) in [6, 6.07) is 18.3. The van der Waals surface area contributed by atoms with Crippen LogP contribution in [0.1, 0.15) is 42.7 Å². The zero-order valence-corrected chi connectivity index (χ0v) is 23.9. The number of primary amides is 1. The first kappa shape index (κ1) is 28.4. The first-order valence-corrected chi connectivity index (χ1v) is 14.2. The van der Waals surface area contributed by atoms with Gasteiger partial charge in [-0.2, -0.15) is 0 Å². The maximum atomic E-state index is 14.0. The third kappa shape index (κ3) is 5.98. The largest absolute Gasteiger partial charge is 0.368 e. The molecule has 2 aromatic carbocycles. The Hall–Kier alpha value is -4.17. The van der Waals surface area contributed by atoms with Gasteiger partial charge < -0.3 is 20.9 Å². The summed E-state index contributed by atoms with van der Waals surface area (Å²) in [6.07, 6.45) is 4.90. The summed E-state index contributed by atoms with van der Waals surface area (Å²) in [4.78, 5) is 44.0. The second-order valence-electron chi connectivity index (χ2n) is 11.1. The lowest BCUT2D eigenvalue weighted by molar-refractivity contribution is -0.136. The zero-order chi connectivity index (χ0) is 29.1. The minimum absolute atomic E-state index is 0.0885. The summed E-state index contributed by atoms with van der Waals surface area (Å²) in [5, 5.41) is 7.57. The number of hydrogen-bond acceptors (Lipinski definition) is 4. The van der Waals surface area contributed by atoms with Crippen LogP contribution >= 0.6 is 11.6 Å². The molecule has 0 fully saturated rings. The Kier molecular flexibility index (Phi) is 8.13. The predicted molar refractivity (Wildman–Crippen MR) is 159 cm³/mol. The zero-order valence-electron chi connectivity index (χ0n) is 23.2. The van der Waals surface area contributed by atoms with Crippen LogP contribution in [0, 0.1) is 5.92 Å². The predicted octanol–water partition coefficient (Wildman–Crippen LogP) is 3.95. The molecule has 3 amide bonds. The maximum absolute atomic E-state index is 14.0. The van der Waals surface area contributed by atoms with Crippen molar-refractivity contribution in [2.45, 2.75) is 57.7 Å². The molecule has 0 unspecified atom stereocenters. The van der Waals surface area contributed by atoms with Crippen molar-refractivity contribution in [1.82, 2.24) is 20.2 Å². The van der Waals surface area contributed by atoms with E-state index in [0.717, 1.165) is 33.3 Å². The molecule has 2 heterocycles. The van der Waals surface area contributed by atoms with Crippen molar-refractivity contribution in [1.29, 1.82) is 0 Å². The van der Waals surface area contributed by atoms with Crippen LogP contribution in [0.5, 0.6) is 0 Å². The summed E-state index contributed by atoms with van der Waals surface area (Å²) < 4.78 is 2.28. The van der Waals surface area contributed by atoms with Crippen LogP contribution in [0.3, 0.4) is 0 Å². The van der Waals surface area contributed by atoms with E-state index in [-0.39, 0.29) is 24.7 Å². The van der Waals surface area contributed by atoms with E-state index >= 15 is 0 Å². The topological polar surface area (TPSA) is 119 Å². The van der Waals surface area contributed by atoms with E-state index in [1.165, 1.54) is 0 Å². The molecule has 0 spiro atoms. The van der Waals surface area contributed by atoms with Gasteiger partial charge in [-0.3, -0.25) is 19.4 Å².